The van der Waals surface area contributed by atoms with Crippen LogP contribution in [0.5, 0.6) is 0 Å². The lowest BCUT2D eigenvalue weighted by Gasteiger charge is -2.31. The van der Waals surface area contributed by atoms with Crippen LogP contribution in [0.15, 0.2) is 48.5 Å². The second-order valence-electron chi connectivity index (χ2n) is 7.28. The van der Waals surface area contributed by atoms with E-state index in [1.807, 2.05) is 0 Å². The average molecular weight is 338 g/mol. The Balaban J connectivity index is 1.95. The third kappa shape index (κ3) is 3.36. The minimum absolute atomic E-state index is 1.17. The number of hydrogen-bond acceptors (Lipinski definition) is 1. The smallest absolute Gasteiger partial charge is 0.115 e. The van der Waals surface area contributed by atoms with Crippen molar-refractivity contribution < 1.29 is 0 Å². The monoisotopic (exact) mass is 337 g/mol. The third-order valence-corrected chi connectivity index (χ3v) is 10.6. The molecule has 1 nitrogen and oxygen atoms in total. The summed E-state index contributed by atoms with van der Waals surface area (Å²) < 4.78 is 0. The van der Waals surface area contributed by atoms with Crippen molar-refractivity contribution in [1.82, 2.24) is 4.90 Å². The molecule has 1 aliphatic heterocycles. The van der Waals surface area contributed by atoms with Gasteiger partial charge in [0.25, 0.3) is 0 Å². The van der Waals surface area contributed by atoms with Crippen molar-refractivity contribution in [1.29, 1.82) is 0 Å². The molecular formula is C22H31NSi. The molecule has 2 heteroatoms. The van der Waals surface area contributed by atoms with Crippen LogP contribution in [0.3, 0.4) is 0 Å². The Labute approximate surface area is 148 Å². The van der Waals surface area contributed by atoms with E-state index in [1.54, 1.807) is 21.5 Å². The van der Waals surface area contributed by atoms with E-state index in [0.29, 0.717) is 0 Å². The van der Waals surface area contributed by atoms with Crippen LogP contribution >= 0.6 is 0 Å². The van der Waals surface area contributed by atoms with Crippen LogP contribution in [0.1, 0.15) is 31.4 Å². The Morgan fingerprint density at radius 3 is 1.83 bits per heavy atom. The van der Waals surface area contributed by atoms with E-state index in [9.17, 15) is 0 Å². The van der Waals surface area contributed by atoms with Gasteiger partial charge in [-0.1, -0.05) is 79.3 Å². The second kappa shape index (κ2) is 7.67. The first-order valence-corrected chi connectivity index (χ1v) is 12.3. The fourth-order valence-electron chi connectivity index (χ4n) is 4.43. The maximum Gasteiger partial charge on any atom is 0.115 e. The molecule has 0 saturated heterocycles. The SMILES string of the molecule is CCN(CC)CCC[Si]1(C)c2ccccc2CCc2ccccc21. The summed E-state index contributed by atoms with van der Waals surface area (Å²) in [5.74, 6) is 0. The van der Waals surface area contributed by atoms with Gasteiger partial charge >= 0.3 is 0 Å². The second-order valence-corrected chi connectivity index (χ2v) is 11.5. The Kier molecular flexibility index (Phi) is 5.57. The van der Waals surface area contributed by atoms with Gasteiger partial charge in [-0.15, -0.1) is 0 Å². The molecule has 3 rings (SSSR count). The highest BCUT2D eigenvalue weighted by Crippen LogP contribution is 2.22. The molecule has 1 heterocycles. The molecule has 0 atom stereocenters. The number of hydrogen-bond donors (Lipinski definition) is 0. The summed E-state index contributed by atoms with van der Waals surface area (Å²) in [6.07, 6.45) is 3.71. The first-order valence-electron chi connectivity index (χ1n) is 9.58. The summed E-state index contributed by atoms with van der Waals surface area (Å²) in [7, 11) is -1.65. The number of aryl methyl sites for hydroxylation is 2. The normalized spacial score (nSPS) is 15.7. The number of benzene rings is 2. The first kappa shape index (κ1) is 17.4. The highest BCUT2D eigenvalue weighted by Gasteiger charge is 2.36. The molecule has 0 amide bonds. The molecule has 0 fully saturated rings. The minimum atomic E-state index is -1.65. The molecule has 0 saturated carbocycles. The van der Waals surface area contributed by atoms with E-state index in [4.69, 9.17) is 0 Å². The molecule has 2 aromatic rings. The van der Waals surface area contributed by atoms with Crippen LogP contribution in [0.25, 0.3) is 0 Å². The molecular weight excluding hydrogens is 306 g/mol. The molecule has 24 heavy (non-hydrogen) atoms. The summed E-state index contributed by atoms with van der Waals surface area (Å²) >= 11 is 0. The van der Waals surface area contributed by atoms with E-state index >= 15 is 0 Å². The summed E-state index contributed by atoms with van der Waals surface area (Å²) in [6.45, 7) is 10.7. The first-order chi connectivity index (χ1) is 11.7. The molecule has 0 aromatic heterocycles. The molecule has 1 aliphatic rings. The van der Waals surface area contributed by atoms with Gasteiger partial charge in [0, 0.05) is 0 Å². The van der Waals surface area contributed by atoms with Crippen LogP contribution in [0.4, 0.5) is 0 Å². The van der Waals surface area contributed by atoms with Crippen molar-refractivity contribution in [2.24, 2.45) is 0 Å². The lowest BCUT2D eigenvalue weighted by atomic mass is 10.0. The summed E-state index contributed by atoms with van der Waals surface area (Å²) in [4.78, 5) is 2.56. The van der Waals surface area contributed by atoms with Crippen molar-refractivity contribution >= 4 is 18.4 Å². The Bertz CT molecular complexity index is 628. The predicted molar refractivity (Wildman–Crippen MR) is 108 cm³/mol. The Hall–Kier alpha value is -1.38. The van der Waals surface area contributed by atoms with Gasteiger partial charge in [0.15, 0.2) is 0 Å². The topological polar surface area (TPSA) is 3.24 Å². The van der Waals surface area contributed by atoms with E-state index in [-0.39, 0.29) is 0 Å². The fraction of sp³-hybridized carbons (Fsp3) is 0.455. The molecule has 2 aromatic carbocycles. The van der Waals surface area contributed by atoms with Gasteiger partial charge in [0.1, 0.15) is 8.07 Å². The average Bonchev–Trinajstić information content (AvgIpc) is 2.75. The quantitative estimate of drug-likeness (QED) is 0.726. The molecule has 0 spiro atoms. The van der Waals surface area contributed by atoms with Crippen molar-refractivity contribution in [3.05, 3.63) is 59.7 Å². The Morgan fingerprint density at radius 1 is 0.833 bits per heavy atom. The molecule has 0 bridgehead atoms. The third-order valence-electron chi connectivity index (χ3n) is 5.93. The zero-order valence-corrected chi connectivity index (χ0v) is 16.5. The molecule has 128 valence electrons. The number of nitrogens with zero attached hydrogens (tertiary/aromatic N) is 1. The minimum Gasteiger partial charge on any atom is -0.304 e. The molecule has 0 radical (unpaired) electrons. The highest BCUT2D eigenvalue weighted by atomic mass is 28.3. The van der Waals surface area contributed by atoms with Crippen LogP contribution in [0.2, 0.25) is 12.6 Å². The number of rotatable bonds is 6. The largest absolute Gasteiger partial charge is 0.304 e. The number of fused-ring (bicyclic) bond motifs is 2. The van der Waals surface area contributed by atoms with Gasteiger partial charge in [0.2, 0.25) is 0 Å². The highest BCUT2D eigenvalue weighted by molar-refractivity contribution is 7.02. The van der Waals surface area contributed by atoms with E-state index in [1.165, 1.54) is 44.9 Å². The zero-order chi connectivity index (χ0) is 17.0. The van der Waals surface area contributed by atoms with Gasteiger partial charge in [0.05, 0.1) is 0 Å². The molecule has 0 unspecified atom stereocenters. The van der Waals surface area contributed by atoms with Crippen LogP contribution in [-0.2, 0) is 12.8 Å². The van der Waals surface area contributed by atoms with Gasteiger partial charge < -0.3 is 4.90 Å². The van der Waals surface area contributed by atoms with Gasteiger partial charge in [-0.25, -0.2) is 0 Å². The summed E-state index contributed by atoms with van der Waals surface area (Å²) in [5, 5.41) is 3.38. The summed E-state index contributed by atoms with van der Waals surface area (Å²) in [6, 6.07) is 19.9. The predicted octanol–water partition coefficient (Wildman–Crippen LogP) is 3.71. The zero-order valence-electron chi connectivity index (χ0n) is 15.5. The maximum atomic E-state index is 2.61. The van der Waals surface area contributed by atoms with Crippen molar-refractivity contribution in [2.75, 3.05) is 19.6 Å². The molecule has 0 N–H and O–H groups in total. The van der Waals surface area contributed by atoms with Gasteiger partial charge in [-0.2, -0.15) is 0 Å². The van der Waals surface area contributed by atoms with E-state index in [2.05, 4.69) is 73.8 Å². The van der Waals surface area contributed by atoms with E-state index in [0.717, 1.165) is 0 Å². The standard InChI is InChI=1S/C22H31NSi/c1-4-23(5-2)17-10-18-24(3)21-13-8-6-11-19(21)15-16-20-12-7-9-14-22(20)24/h6-9,11-14H,4-5,10,15-18H2,1-3H3. The molecule has 0 aliphatic carbocycles. The van der Waals surface area contributed by atoms with Crippen molar-refractivity contribution in [3.63, 3.8) is 0 Å². The maximum absolute atomic E-state index is 2.61. The van der Waals surface area contributed by atoms with Crippen LogP contribution in [0, 0.1) is 0 Å². The summed E-state index contributed by atoms with van der Waals surface area (Å²) in [5.41, 5.74) is 3.21. The Morgan fingerprint density at radius 2 is 1.33 bits per heavy atom. The fourth-order valence-corrected chi connectivity index (χ4v) is 8.89. The van der Waals surface area contributed by atoms with E-state index < -0.39 is 8.07 Å². The van der Waals surface area contributed by atoms with Crippen LogP contribution in [-0.4, -0.2) is 32.6 Å². The van der Waals surface area contributed by atoms with Crippen LogP contribution < -0.4 is 10.4 Å². The van der Waals surface area contributed by atoms with Gasteiger partial charge in [-0.05, 0) is 56.1 Å². The lowest BCUT2D eigenvalue weighted by molar-refractivity contribution is 0.304. The van der Waals surface area contributed by atoms with Gasteiger partial charge in [-0.3, -0.25) is 0 Å². The lowest BCUT2D eigenvalue weighted by Crippen LogP contribution is -2.57. The van der Waals surface area contributed by atoms with Crippen molar-refractivity contribution in [2.45, 2.75) is 45.7 Å². The van der Waals surface area contributed by atoms with Crippen molar-refractivity contribution in [3.8, 4) is 0 Å².